The van der Waals surface area contributed by atoms with Crippen LogP contribution >= 0.6 is 23.2 Å². The summed E-state index contributed by atoms with van der Waals surface area (Å²) >= 11 is 11.9. The number of oxime groups is 1. The van der Waals surface area contributed by atoms with E-state index in [1.165, 1.54) is 12.1 Å². The van der Waals surface area contributed by atoms with Crippen molar-refractivity contribution in [3.63, 3.8) is 0 Å². The molecule has 7 heteroatoms. The minimum atomic E-state index is 0.0202. The van der Waals surface area contributed by atoms with Crippen LogP contribution in [0.2, 0.25) is 10.0 Å². The van der Waals surface area contributed by atoms with Gasteiger partial charge in [-0.25, -0.2) is 0 Å². The van der Waals surface area contributed by atoms with Gasteiger partial charge in [-0.05, 0) is 33.1 Å². The van der Waals surface area contributed by atoms with Gasteiger partial charge in [0, 0.05) is 18.7 Å². The molecule has 0 saturated heterocycles. The van der Waals surface area contributed by atoms with Crippen molar-refractivity contribution in [2.75, 3.05) is 19.8 Å². The van der Waals surface area contributed by atoms with Gasteiger partial charge in [0.25, 0.3) is 0 Å². The Balaban J connectivity index is 2.05. The van der Waals surface area contributed by atoms with Crippen molar-refractivity contribution in [3.05, 3.63) is 22.2 Å². The van der Waals surface area contributed by atoms with E-state index in [-0.39, 0.29) is 11.9 Å². The first-order valence-electron chi connectivity index (χ1n) is 7.57. The maximum Gasteiger partial charge on any atom is 0.156 e. The molecule has 0 aliphatic carbocycles. The third-order valence-electron chi connectivity index (χ3n) is 2.70. The molecule has 23 heavy (non-hydrogen) atoms. The largest absolute Gasteiger partial charge is 0.508 e. The number of unbranched alkanes of at least 4 members (excludes halogenated alkanes) is 2. The summed E-state index contributed by atoms with van der Waals surface area (Å²) in [6, 6.07) is 2.81. The molecule has 5 nitrogen and oxygen atoms in total. The fourth-order valence-corrected chi connectivity index (χ4v) is 2.26. The zero-order valence-electron chi connectivity index (χ0n) is 13.4. The van der Waals surface area contributed by atoms with Crippen LogP contribution in [0.15, 0.2) is 17.3 Å². The highest BCUT2D eigenvalue weighted by Gasteiger charge is 2.09. The lowest BCUT2D eigenvalue weighted by Crippen LogP contribution is -2.02. The third-order valence-corrected chi connectivity index (χ3v) is 3.26. The van der Waals surface area contributed by atoms with Crippen LogP contribution < -0.4 is 4.74 Å². The predicted octanol–water partition coefficient (Wildman–Crippen LogP) is 4.68. The number of phenolic OH excluding ortho intramolecular Hbond substituents is 1. The van der Waals surface area contributed by atoms with Crippen LogP contribution in [0.1, 0.15) is 33.1 Å². The summed E-state index contributed by atoms with van der Waals surface area (Å²) in [5, 5.41) is 13.7. The van der Waals surface area contributed by atoms with E-state index >= 15 is 0 Å². The molecular weight excluding hydrogens is 341 g/mol. The molecule has 0 aromatic heterocycles. The number of halogens is 2. The minimum Gasteiger partial charge on any atom is -0.508 e. The zero-order valence-corrected chi connectivity index (χ0v) is 14.9. The fraction of sp³-hybridized carbons (Fsp3) is 0.562. The van der Waals surface area contributed by atoms with Crippen molar-refractivity contribution in [1.82, 2.24) is 0 Å². The number of ether oxygens (including phenoxy) is 2. The smallest absolute Gasteiger partial charge is 0.156 e. The molecule has 1 aromatic carbocycles. The highest BCUT2D eigenvalue weighted by atomic mass is 35.5. The van der Waals surface area contributed by atoms with Gasteiger partial charge in [-0.1, -0.05) is 28.4 Å². The lowest BCUT2D eigenvalue weighted by Gasteiger charge is -2.10. The van der Waals surface area contributed by atoms with E-state index in [2.05, 4.69) is 5.16 Å². The number of hydrogen-bond acceptors (Lipinski definition) is 5. The number of nitrogens with zero attached hydrogens (tertiary/aromatic N) is 1. The van der Waals surface area contributed by atoms with Gasteiger partial charge in [-0.3, -0.25) is 0 Å². The summed E-state index contributed by atoms with van der Waals surface area (Å²) in [4.78, 5) is 5.01. The highest BCUT2D eigenvalue weighted by molar-refractivity contribution is 6.37. The van der Waals surface area contributed by atoms with Gasteiger partial charge in [0.2, 0.25) is 0 Å². The van der Waals surface area contributed by atoms with Gasteiger partial charge in [-0.2, -0.15) is 0 Å². The molecule has 0 amide bonds. The van der Waals surface area contributed by atoms with Gasteiger partial charge in [0.15, 0.2) is 5.75 Å². The van der Waals surface area contributed by atoms with E-state index in [9.17, 15) is 5.11 Å². The summed E-state index contributed by atoms with van der Waals surface area (Å²) in [5.74, 6) is 0.426. The summed E-state index contributed by atoms with van der Waals surface area (Å²) in [6.45, 7) is 5.45. The second-order valence-electron chi connectivity index (χ2n) is 5.16. The molecule has 0 saturated carbocycles. The van der Waals surface area contributed by atoms with E-state index in [1.54, 1.807) is 6.21 Å². The molecule has 0 atom stereocenters. The van der Waals surface area contributed by atoms with Crippen LogP contribution in [0, 0.1) is 0 Å². The van der Waals surface area contributed by atoms with Crippen molar-refractivity contribution in [2.24, 2.45) is 5.16 Å². The number of phenols is 1. The topological polar surface area (TPSA) is 60.3 Å². The molecular formula is C16H23Cl2NO4. The lowest BCUT2D eigenvalue weighted by atomic mass is 10.2. The monoisotopic (exact) mass is 363 g/mol. The molecule has 0 bridgehead atoms. The second-order valence-corrected chi connectivity index (χ2v) is 5.98. The van der Waals surface area contributed by atoms with Crippen LogP contribution in [0.25, 0.3) is 0 Å². The standard InChI is InChI=1S/C16H23Cl2NO4/c1-12(2)23-19-6-9-21-7-4-3-5-8-22-16-14(17)10-13(20)11-15(16)18/h6,10-12,20H,3-5,7-9H2,1-2H3. The molecule has 0 spiro atoms. The number of benzene rings is 1. The molecule has 1 rings (SSSR count). The Morgan fingerprint density at radius 2 is 1.78 bits per heavy atom. The molecule has 0 aliphatic rings. The van der Waals surface area contributed by atoms with Crippen molar-refractivity contribution in [2.45, 2.75) is 39.2 Å². The Kier molecular flexibility index (Phi) is 9.83. The van der Waals surface area contributed by atoms with Crippen LogP contribution in [0.4, 0.5) is 0 Å². The average Bonchev–Trinajstić information content (AvgIpc) is 2.46. The fourth-order valence-electron chi connectivity index (χ4n) is 1.67. The first kappa shape index (κ1) is 19.9. The Labute approximate surface area is 147 Å². The molecule has 0 heterocycles. The first-order chi connectivity index (χ1) is 11.0. The van der Waals surface area contributed by atoms with E-state index in [4.69, 9.17) is 37.5 Å². The van der Waals surface area contributed by atoms with Crippen molar-refractivity contribution >= 4 is 29.4 Å². The summed E-state index contributed by atoms with van der Waals surface area (Å²) in [7, 11) is 0. The Hall–Kier alpha value is -1.17. The van der Waals surface area contributed by atoms with Gasteiger partial charge in [-0.15, -0.1) is 0 Å². The van der Waals surface area contributed by atoms with Crippen molar-refractivity contribution in [1.29, 1.82) is 0 Å². The van der Waals surface area contributed by atoms with Crippen LogP contribution in [0.5, 0.6) is 11.5 Å². The van der Waals surface area contributed by atoms with Gasteiger partial charge >= 0.3 is 0 Å². The van der Waals surface area contributed by atoms with Crippen LogP contribution in [-0.2, 0) is 9.57 Å². The summed E-state index contributed by atoms with van der Waals surface area (Å²) in [5.41, 5.74) is 0. The van der Waals surface area contributed by atoms with E-state index in [1.807, 2.05) is 13.8 Å². The molecule has 0 unspecified atom stereocenters. The number of aromatic hydroxyl groups is 1. The molecule has 130 valence electrons. The normalized spacial score (nSPS) is 11.3. The molecule has 0 radical (unpaired) electrons. The van der Waals surface area contributed by atoms with Crippen LogP contribution in [-0.4, -0.2) is 37.2 Å². The zero-order chi connectivity index (χ0) is 17.1. The Bertz CT molecular complexity index is 472. The SMILES string of the molecule is CC(C)ON=CCOCCCCCOc1c(Cl)cc(O)cc1Cl. The predicted molar refractivity (Wildman–Crippen MR) is 93.0 cm³/mol. The van der Waals surface area contributed by atoms with Crippen LogP contribution in [0.3, 0.4) is 0 Å². The van der Waals surface area contributed by atoms with Gasteiger partial charge in [0.1, 0.15) is 11.9 Å². The molecule has 0 fully saturated rings. The van der Waals surface area contributed by atoms with Crippen molar-refractivity contribution < 1.29 is 19.4 Å². The van der Waals surface area contributed by atoms with E-state index in [0.29, 0.717) is 35.6 Å². The summed E-state index contributed by atoms with van der Waals surface area (Å²) < 4.78 is 10.9. The number of hydrogen-bond donors (Lipinski definition) is 1. The first-order valence-corrected chi connectivity index (χ1v) is 8.32. The average molecular weight is 364 g/mol. The van der Waals surface area contributed by atoms with Gasteiger partial charge in [0.05, 0.1) is 29.5 Å². The molecule has 1 N–H and O–H groups in total. The lowest BCUT2D eigenvalue weighted by molar-refractivity contribution is 0.0840. The van der Waals surface area contributed by atoms with Gasteiger partial charge < -0.3 is 19.4 Å². The maximum atomic E-state index is 9.34. The van der Waals surface area contributed by atoms with Crippen molar-refractivity contribution in [3.8, 4) is 11.5 Å². The minimum absolute atomic E-state index is 0.0202. The highest BCUT2D eigenvalue weighted by Crippen LogP contribution is 2.36. The van der Waals surface area contributed by atoms with E-state index in [0.717, 1.165) is 19.3 Å². The summed E-state index contributed by atoms with van der Waals surface area (Å²) in [6.07, 6.45) is 4.45. The number of rotatable bonds is 11. The van der Waals surface area contributed by atoms with E-state index < -0.39 is 0 Å². The Morgan fingerprint density at radius 3 is 2.43 bits per heavy atom. The Morgan fingerprint density at radius 1 is 1.13 bits per heavy atom. The third kappa shape index (κ3) is 8.89. The maximum absolute atomic E-state index is 9.34. The molecule has 0 aliphatic heterocycles. The second kappa shape index (κ2) is 11.4. The molecule has 1 aromatic rings. The quantitative estimate of drug-likeness (QED) is 0.352.